The molecule has 0 saturated carbocycles. The Balaban J connectivity index is 0.872. The van der Waals surface area contributed by atoms with Crippen LogP contribution in [0.5, 0.6) is 0 Å². The normalized spacial score (nSPS) is 13.6. The first-order chi connectivity index (χ1) is 43.6. The first-order valence-electron chi connectivity index (χ1n) is 30.1. The molecule has 7 nitrogen and oxygen atoms in total. The van der Waals surface area contributed by atoms with Crippen LogP contribution in [0.25, 0.3) is 132 Å². The predicted molar refractivity (Wildman–Crippen MR) is 367 cm³/mol. The summed E-state index contributed by atoms with van der Waals surface area (Å²) in [5, 5.41) is 13.5. The maximum absolute atomic E-state index is 5.71. The molecule has 0 aliphatic carbocycles. The van der Waals surface area contributed by atoms with Gasteiger partial charge in [-0.2, -0.15) is 0 Å². The molecule has 412 valence electrons. The third-order valence-electron chi connectivity index (χ3n) is 17.9. The van der Waals surface area contributed by atoms with Crippen LogP contribution in [0.2, 0.25) is 0 Å². The summed E-state index contributed by atoms with van der Waals surface area (Å²) in [5.41, 5.74) is 20.6. The molecule has 0 bridgehead atoms. The van der Waals surface area contributed by atoms with E-state index in [1.165, 1.54) is 54.1 Å². The van der Waals surface area contributed by atoms with Gasteiger partial charge in [-0.25, -0.2) is 9.98 Å². The van der Waals surface area contributed by atoms with Crippen molar-refractivity contribution in [3.8, 4) is 45.0 Å². The van der Waals surface area contributed by atoms with Gasteiger partial charge in [-0.15, -0.1) is 0 Å². The minimum Gasteiger partial charge on any atom is -0.344 e. The van der Waals surface area contributed by atoms with E-state index in [1.807, 2.05) is 0 Å². The van der Waals surface area contributed by atoms with E-state index >= 15 is 0 Å². The lowest BCUT2D eigenvalue weighted by molar-refractivity contribution is 0.674. The Labute approximate surface area is 506 Å². The molecule has 1 aliphatic heterocycles. The lowest BCUT2D eigenvalue weighted by Gasteiger charge is -2.25. The third-order valence-corrected chi connectivity index (χ3v) is 17.9. The van der Waals surface area contributed by atoms with Gasteiger partial charge in [0.25, 0.3) is 0 Å². The molecule has 18 rings (SSSR count). The smallest absolute Gasteiger partial charge is 0.159 e. The summed E-state index contributed by atoms with van der Waals surface area (Å²) < 4.78 is 9.72. The number of aliphatic imine (C=N–C) groups is 2. The van der Waals surface area contributed by atoms with Crippen molar-refractivity contribution >= 4 is 98.9 Å². The number of fused-ring (bicyclic) bond motifs is 12. The standard InChI is InChI=1S/C81H53N7/c1-6-24-52(25-7-1)55-42-57(46-61(44-55)87-73-40-22-18-36-65(73)69-48-67-63-34-16-20-38-71(63)85(75(67)50-77(69)87)59-30-12-4-13-31-59)80-82-79(54-28-10-3-11-29-54)83-81(84-80)58-43-56(53-26-8-2-9-27-53)45-62(47-58)88-74-41-23-19-37-66(74)70-49-68-64-35-17-21-39-72(64)86(76(68)51-78(70)88)60-32-14-5-15-33-60/h1-51,79H,(H,82,83,84). The van der Waals surface area contributed by atoms with Crippen LogP contribution in [0.15, 0.2) is 319 Å². The van der Waals surface area contributed by atoms with Gasteiger partial charge in [0.1, 0.15) is 12.0 Å². The fourth-order valence-electron chi connectivity index (χ4n) is 14.0. The van der Waals surface area contributed by atoms with Crippen LogP contribution in [0.3, 0.4) is 0 Å². The van der Waals surface area contributed by atoms with E-state index < -0.39 is 6.17 Å². The first kappa shape index (κ1) is 49.6. The Morgan fingerprint density at radius 3 is 0.989 bits per heavy atom. The van der Waals surface area contributed by atoms with Gasteiger partial charge in [0.15, 0.2) is 5.84 Å². The van der Waals surface area contributed by atoms with E-state index in [1.54, 1.807) is 0 Å². The number of aromatic nitrogens is 4. The van der Waals surface area contributed by atoms with E-state index in [-0.39, 0.29) is 0 Å². The molecule has 13 aromatic carbocycles. The van der Waals surface area contributed by atoms with Gasteiger partial charge in [0.05, 0.1) is 44.1 Å². The van der Waals surface area contributed by atoms with Crippen molar-refractivity contribution in [3.05, 3.63) is 326 Å². The average Bonchev–Trinajstić information content (AvgIpc) is 1.59. The summed E-state index contributed by atoms with van der Waals surface area (Å²) >= 11 is 0. The number of hydrogen-bond donors (Lipinski definition) is 1. The molecule has 1 atom stereocenters. The first-order valence-corrected chi connectivity index (χ1v) is 30.1. The van der Waals surface area contributed by atoms with Crippen LogP contribution in [0.4, 0.5) is 0 Å². The van der Waals surface area contributed by atoms with E-state index in [9.17, 15) is 0 Å². The molecule has 0 amide bonds. The molecule has 0 fully saturated rings. The van der Waals surface area contributed by atoms with Gasteiger partial charge in [-0.05, 0) is 137 Å². The van der Waals surface area contributed by atoms with Crippen LogP contribution < -0.4 is 5.32 Å². The highest BCUT2D eigenvalue weighted by atomic mass is 15.2. The Hall–Kier alpha value is -11.8. The molecule has 17 aromatic rings. The number of hydrogen-bond acceptors (Lipinski definition) is 3. The second-order valence-corrected chi connectivity index (χ2v) is 23.0. The molecule has 1 N–H and O–H groups in total. The topological polar surface area (TPSA) is 56.5 Å². The van der Waals surface area contributed by atoms with Crippen molar-refractivity contribution in [1.82, 2.24) is 23.6 Å². The molecule has 4 aromatic heterocycles. The number of nitrogens with zero attached hydrogens (tertiary/aromatic N) is 6. The van der Waals surface area contributed by atoms with E-state index in [4.69, 9.17) is 9.98 Å². The monoisotopic (exact) mass is 1120 g/mol. The minimum atomic E-state index is -0.459. The number of benzene rings is 13. The maximum atomic E-state index is 5.71. The van der Waals surface area contributed by atoms with Gasteiger partial charge in [0.2, 0.25) is 0 Å². The van der Waals surface area contributed by atoms with Gasteiger partial charge >= 0.3 is 0 Å². The van der Waals surface area contributed by atoms with Crippen molar-refractivity contribution < 1.29 is 0 Å². The molecule has 1 aliphatic rings. The number of para-hydroxylation sites is 6. The van der Waals surface area contributed by atoms with Gasteiger partial charge < -0.3 is 23.6 Å². The summed E-state index contributed by atoms with van der Waals surface area (Å²) in [6.45, 7) is 0. The van der Waals surface area contributed by atoms with Gasteiger partial charge in [0, 0.05) is 77.0 Å². The van der Waals surface area contributed by atoms with Crippen LogP contribution in [-0.2, 0) is 0 Å². The van der Waals surface area contributed by atoms with Crippen molar-refractivity contribution in [2.45, 2.75) is 6.17 Å². The molecule has 7 heteroatoms. The largest absolute Gasteiger partial charge is 0.344 e. The minimum absolute atomic E-state index is 0.459. The number of rotatable bonds is 9. The Kier molecular flexibility index (Phi) is 11.2. The van der Waals surface area contributed by atoms with E-state index in [0.29, 0.717) is 5.84 Å². The van der Waals surface area contributed by atoms with Crippen LogP contribution >= 0.6 is 0 Å². The zero-order valence-electron chi connectivity index (χ0n) is 47.7. The van der Waals surface area contributed by atoms with Crippen molar-refractivity contribution in [3.63, 3.8) is 0 Å². The molecule has 88 heavy (non-hydrogen) atoms. The number of nitrogens with one attached hydrogen (secondary N) is 1. The van der Waals surface area contributed by atoms with Crippen LogP contribution in [-0.4, -0.2) is 29.9 Å². The summed E-state index contributed by atoms with van der Waals surface area (Å²) in [6.07, 6.45) is -0.459. The lowest BCUT2D eigenvalue weighted by Crippen LogP contribution is -2.33. The molecule has 5 heterocycles. The highest BCUT2D eigenvalue weighted by Crippen LogP contribution is 2.43. The molecule has 1 unspecified atom stereocenters. The Morgan fingerprint density at radius 2 is 0.568 bits per heavy atom. The van der Waals surface area contributed by atoms with Crippen molar-refractivity contribution in [2.24, 2.45) is 9.98 Å². The molecular weight excluding hydrogens is 1070 g/mol. The highest BCUT2D eigenvalue weighted by Gasteiger charge is 2.26. The summed E-state index contributed by atoms with van der Waals surface area (Å²) in [5.74, 6) is 1.36. The molecular formula is C81H53N7. The maximum Gasteiger partial charge on any atom is 0.159 e. The lowest BCUT2D eigenvalue weighted by atomic mass is 9.99. The average molecular weight is 1120 g/mol. The summed E-state index contributed by atoms with van der Waals surface area (Å²) in [6, 6.07) is 112. The fourth-order valence-corrected chi connectivity index (χ4v) is 14.0. The molecule has 0 radical (unpaired) electrons. The second-order valence-electron chi connectivity index (χ2n) is 23.0. The Bertz CT molecular complexity index is 5690. The molecule has 0 spiro atoms. The predicted octanol–water partition coefficient (Wildman–Crippen LogP) is 19.9. The highest BCUT2D eigenvalue weighted by molar-refractivity contribution is 6.21. The van der Waals surface area contributed by atoms with Crippen molar-refractivity contribution in [1.29, 1.82) is 0 Å². The fraction of sp³-hybridized carbons (Fsp3) is 0.0123. The third kappa shape index (κ3) is 7.91. The van der Waals surface area contributed by atoms with E-state index in [0.717, 1.165) is 101 Å². The van der Waals surface area contributed by atoms with Gasteiger partial charge in [-0.3, -0.25) is 0 Å². The number of amidine groups is 2. The molecule has 0 saturated heterocycles. The van der Waals surface area contributed by atoms with Crippen LogP contribution in [0, 0.1) is 0 Å². The quantitative estimate of drug-likeness (QED) is 0.154. The summed E-state index contributed by atoms with van der Waals surface area (Å²) in [7, 11) is 0. The van der Waals surface area contributed by atoms with E-state index in [2.05, 4.69) is 333 Å². The zero-order chi connectivity index (χ0) is 57.8. The van der Waals surface area contributed by atoms with Gasteiger partial charge in [-0.1, -0.05) is 200 Å². The van der Waals surface area contributed by atoms with Crippen molar-refractivity contribution in [2.75, 3.05) is 0 Å². The zero-order valence-corrected chi connectivity index (χ0v) is 47.7. The summed E-state index contributed by atoms with van der Waals surface area (Å²) in [4.78, 5) is 11.3. The van der Waals surface area contributed by atoms with Crippen LogP contribution in [0.1, 0.15) is 22.9 Å². The Morgan fingerprint density at radius 1 is 0.239 bits per heavy atom. The SMILES string of the molecule is c1ccc(-c2cc(C3=NC(c4ccccc4)NC(c4cc(-c5ccccc5)cc(-n5c6ccccc6c6cc7c8ccccc8n(-c8ccccc8)c7cc65)c4)=N3)cc(-n3c4ccccc4c4cc5c6ccccc6n(-c6ccccc6)c5cc43)c2)cc1. The second kappa shape index (κ2) is 19.9.